The molecule has 0 rings (SSSR count). The molecule has 0 aliphatic rings. The lowest BCUT2D eigenvalue weighted by molar-refractivity contribution is 0.134. The molecule has 0 atom stereocenters. The molecule has 0 radical (unpaired) electrons. The van der Waals surface area contributed by atoms with E-state index < -0.39 is 6.09 Å². The first-order valence-corrected chi connectivity index (χ1v) is 4.18. The number of amides is 1. The molecule has 1 amide bonds. The van der Waals surface area contributed by atoms with Gasteiger partial charge in [0.2, 0.25) is 0 Å². The van der Waals surface area contributed by atoms with Crippen LogP contribution >= 0.6 is 0 Å². The van der Waals surface area contributed by atoms with Gasteiger partial charge in [0.05, 0.1) is 6.61 Å². The van der Waals surface area contributed by atoms with E-state index in [0.29, 0.717) is 18.9 Å². The van der Waals surface area contributed by atoms with Gasteiger partial charge in [0.25, 0.3) is 0 Å². The lowest BCUT2D eigenvalue weighted by atomic mass is 10.2. The van der Waals surface area contributed by atoms with Crippen LogP contribution in [0, 0.1) is 5.92 Å². The van der Waals surface area contributed by atoms with Crippen LogP contribution in [-0.2, 0) is 4.74 Å². The summed E-state index contributed by atoms with van der Waals surface area (Å²) in [5.74, 6) is 0.426. The van der Waals surface area contributed by atoms with Crippen LogP contribution in [-0.4, -0.2) is 31.0 Å². The third-order valence-corrected chi connectivity index (χ3v) is 1.19. The summed E-state index contributed by atoms with van der Waals surface area (Å²) in [5.41, 5.74) is 0. The number of carbonyl (C=O) groups excluding carboxylic acids is 1. The highest BCUT2D eigenvalue weighted by atomic mass is 16.5. The van der Waals surface area contributed by atoms with E-state index in [-0.39, 0.29) is 13.2 Å². The van der Waals surface area contributed by atoms with Crippen molar-refractivity contribution in [1.29, 1.82) is 0 Å². The molecule has 0 aliphatic heterocycles. The number of aliphatic hydroxyl groups is 1. The number of carbonyl (C=O) groups is 1. The van der Waals surface area contributed by atoms with E-state index in [4.69, 9.17) is 9.84 Å². The molecule has 0 unspecified atom stereocenters. The van der Waals surface area contributed by atoms with Gasteiger partial charge < -0.3 is 15.2 Å². The Morgan fingerprint density at radius 3 is 2.75 bits per heavy atom. The number of hydrogen-bond acceptors (Lipinski definition) is 3. The van der Waals surface area contributed by atoms with Crippen LogP contribution in [0.4, 0.5) is 4.79 Å². The van der Waals surface area contributed by atoms with Crippen LogP contribution in [0.3, 0.4) is 0 Å². The first-order chi connectivity index (χ1) is 5.66. The Hall–Kier alpha value is -0.770. The van der Waals surface area contributed by atoms with Gasteiger partial charge in [0.15, 0.2) is 0 Å². The second-order valence-corrected chi connectivity index (χ2v) is 2.99. The minimum atomic E-state index is -0.405. The topological polar surface area (TPSA) is 58.6 Å². The lowest BCUT2D eigenvalue weighted by Crippen LogP contribution is -2.28. The normalized spacial score (nSPS) is 10.0. The van der Waals surface area contributed by atoms with Gasteiger partial charge in [-0.15, -0.1) is 0 Å². The molecule has 0 fully saturated rings. The van der Waals surface area contributed by atoms with E-state index in [9.17, 15) is 4.79 Å². The summed E-state index contributed by atoms with van der Waals surface area (Å²) in [4.78, 5) is 10.8. The number of rotatable bonds is 5. The monoisotopic (exact) mass is 175 g/mol. The Bertz CT molecular complexity index is 125. The highest BCUT2D eigenvalue weighted by Crippen LogP contribution is 1.88. The number of aliphatic hydroxyl groups excluding tert-OH is 1. The fourth-order valence-electron chi connectivity index (χ4n) is 0.568. The summed E-state index contributed by atoms with van der Waals surface area (Å²) >= 11 is 0. The fraction of sp³-hybridized carbons (Fsp3) is 0.875. The van der Waals surface area contributed by atoms with Crippen LogP contribution < -0.4 is 5.32 Å². The van der Waals surface area contributed by atoms with E-state index >= 15 is 0 Å². The van der Waals surface area contributed by atoms with Crippen molar-refractivity contribution in [2.75, 3.05) is 19.8 Å². The van der Waals surface area contributed by atoms with Crippen molar-refractivity contribution in [3.05, 3.63) is 0 Å². The van der Waals surface area contributed by atoms with Crippen molar-refractivity contribution in [1.82, 2.24) is 5.32 Å². The molecule has 4 nitrogen and oxygen atoms in total. The average Bonchev–Trinajstić information content (AvgIpc) is 2.01. The van der Waals surface area contributed by atoms with Gasteiger partial charge in [-0.2, -0.15) is 0 Å². The molecule has 0 bridgehead atoms. The van der Waals surface area contributed by atoms with E-state index in [1.165, 1.54) is 0 Å². The van der Waals surface area contributed by atoms with Crippen molar-refractivity contribution in [2.24, 2.45) is 5.92 Å². The van der Waals surface area contributed by atoms with Crippen molar-refractivity contribution in [3.63, 3.8) is 0 Å². The Morgan fingerprint density at radius 2 is 2.25 bits per heavy atom. The molecule has 0 saturated carbocycles. The first-order valence-electron chi connectivity index (χ1n) is 4.18. The Morgan fingerprint density at radius 1 is 1.58 bits per heavy atom. The molecule has 2 N–H and O–H groups in total. The van der Waals surface area contributed by atoms with E-state index in [1.807, 2.05) is 13.8 Å². The molecule has 0 saturated heterocycles. The molecule has 0 aliphatic carbocycles. The number of hydrogen-bond donors (Lipinski definition) is 2. The van der Waals surface area contributed by atoms with Gasteiger partial charge in [0, 0.05) is 19.6 Å². The minimum Gasteiger partial charge on any atom is -0.449 e. The maximum atomic E-state index is 10.8. The van der Waals surface area contributed by atoms with Gasteiger partial charge in [-0.25, -0.2) is 4.79 Å². The van der Waals surface area contributed by atoms with Crippen LogP contribution in [0.2, 0.25) is 0 Å². The van der Waals surface area contributed by atoms with Gasteiger partial charge in [0.1, 0.15) is 0 Å². The first kappa shape index (κ1) is 11.2. The van der Waals surface area contributed by atoms with Crippen LogP contribution in [0.5, 0.6) is 0 Å². The molecule has 0 aromatic heterocycles. The molecule has 0 aromatic rings. The highest BCUT2D eigenvalue weighted by Gasteiger charge is 2.01. The second kappa shape index (κ2) is 6.91. The van der Waals surface area contributed by atoms with E-state index in [2.05, 4.69) is 5.32 Å². The predicted molar refractivity (Wildman–Crippen MR) is 45.9 cm³/mol. The number of ether oxygens (including phenoxy) is 1. The summed E-state index contributed by atoms with van der Waals surface area (Å²) in [5, 5.41) is 11.0. The third kappa shape index (κ3) is 7.34. The van der Waals surface area contributed by atoms with Gasteiger partial charge in [-0.1, -0.05) is 13.8 Å². The van der Waals surface area contributed by atoms with Crippen LogP contribution in [0.15, 0.2) is 0 Å². The smallest absolute Gasteiger partial charge is 0.407 e. The number of nitrogens with one attached hydrogen (secondary N) is 1. The Kier molecular flexibility index (Phi) is 6.47. The summed E-state index contributed by atoms with van der Waals surface area (Å²) in [6.45, 7) is 4.97. The summed E-state index contributed by atoms with van der Waals surface area (Å²) in [6.07, 6.45) is 0.0897. The van der Waals surface area contributed by atoms with Crippen LogP contribution in [0.25, 0.3) is 0 Å². The van der Waals surface area contributed by atoms with Gasteiger partial charge in [-0.3, -0.25) is 0 Å². The van der Waals surface area contributed by atoms with Gasteiger partial charge >= 0.3 is 6.09 Å². The molecule has 0 spiro atoms. The highest BCUT2D eigenvalue weighted by molar-refractivity contribution is 5.66. The zero-order chi connectivity index (χ0) is 9.40. The predicted octanol–water partition coefficient (Wildman–Crippen LogP) is 0.751. The fourth-order valence-corrected chi connectivity index (χ4v) is 0.568. The average molecular weight is 175 g/mol. The van der Waals surface area contributed by atoms with E-state index in [1.54, 1.807) is 0 Å². The van der Waals surface area contributed by atoms with Crippen LogP contribution in [0.1, 0.15) is 20.3 Å². The van der Waals surface area contributed by atoms with Crippen molar-refractivity contribution in [3.8, 4) is 0 Å². The van der Waals surface area contributed by atoms with Gasteiger partial charge in [-0.05, 0) is 5.92 Å². The molecule has 0 aromatic carbocycles. The van der Waals surface area contributed by atoms with Crippen molar-refractivity contribution in [2.45, 2.75) is 20.3 Å². The molecular weight excluding hydrogens is 158 g/mol. The molecule has 12 heavy (non-hydrogen) atoms. The molecule has 0 heterocycles. The molecule has 4 heteroatoms. The third-order valence-electron chi connectivity index (χ3n) is 1.19. The second-order valence-electron chi connectivity index (χ2n) is 2.99. The lowest BCUT2D eigenvalue weighted by Gasteiger charge is -2.07. The molecular formula is C8H17NO3. The zero-order valence-corrected chi connectivity index (χ0v) is 7.67. The summed E-state index contributed by atoms with van der Waals surface area (Å²) < 4.78 is 4.72. The molecule has 72 valence electrons. The SMILES string of the molecule is CC(C)CNC(=O)OCCCO. The standard InChI is InChI=1S/C8H17NO3/c1-7(2)6-9-8(11)12-5-3-4-10/h7,10H,3-6H2,1-2H3,(H,9,11). The quantitative estimate of drug-likeness (QED) is 0.606. The zero-order valence-electron chi connectivity index (χ0n) is 7.67. The number of alkyl carbamates (subject to hydrolysis) is 1. The maximum absolute atomic E-state index is 10.8. The minimum absolute atomic E-state index is 0.0530. The van der Waals surface area contributed by atoms with E-state index in [0.717, 1.165) is 0 Å². The summed E-state index contributed by atoms with van der Waals surface area (Å²) in [6, 6.07) is 0. The maximum Gasteiger partial charge on any atom is 0.407 e. The van der Waals surface area contributed by atoms with Crippen molar-refractivity contribution >= 4 is 6.09 Å². The summed E-state index contributed by atoms with van der Waals surface area (Å²) in [7, 11) is 0. The Labute approximate surface area is 72.9 Å². The van der Waals surface area contributed by atoms with Crippen molar-refractivity contribution < 1.29 is 14.6 Å². The largest absolute Gasteiger partial charge is 0.449 e. The Balaban J connectivity index is 3.22.